The first-order valence-electron chi connectivity index (χ1n) is 26.6. The summed E-state index contributed by atoms with van der Waals surface area (Å²) in [4.78, 5) is 0. The van der Waals surface area contributed by atoms with Gasteiger partial charge in [-0.3, -0.25) is 0 Å². The molecule has 0 bridgehead atoms. The van der Waals surface area contributed by atoms with Gasteiger partial charge in [-0.05, 0) is 45.9 Å². The summed E-state index contributed by atoms with van der Waals surface area (Å²) in [6.45, 7) is 6.88. The van der Waals surface area contributed by atoms with Crippen molar-refractivity contribution < 1.29 is 55.8 Å². The molecular formula is C65H70O12S. The summed E-state index contributed by atoms with van der Waals surface area (Å²) >= 11 is 0. The van der Waals surface area contributed by atoms with Crippen molar-refractivity contribution in [2.75, 3.05) is 19.0 Å². The molecule has 9 rings (SSSR count). The lowest BCUT2D eigenvalue weighted by Gasteiger charge is -2.50. The molecule has 408 valence electrons. The van der Waals surface area contributed by atoms with Gasteiger partial charge in [-0.2, -0.15) is 0 Å². The SMILES string of the molecule is C=C(C)CS(=O)(=O)[C@@H]1O[C@H](COCc2ccccc2)[C@@H](O[C@H]2O[C@H](COCc3ccccc3)[C@@H](OCc3ccccc3)[C@H](OCc3ccccc3)[C@H]2OCc2ccccc2)[C@H](OCc2ccccc2)[C@H]1OCc1ccccc1. The lowest BCUT2D eigenvalue weighted by Crippen LogP contribution is -2.67. The summed E-state index contributed by atoms with van der Waals surface area (Å²) in [5.41, 5.74) is 5.29. The second kappa shape index (κ2) is 29.2. The quantitative estimate of drug-likeness (QED) is 0.0434. The molecule has 0 aliphatic carbocycles. The first kappa shape index (κ1) is 56.5. The number of rotatable bonds is 28. The molecule has 12 nitrogen and oxygen atoms in total. The molecule has 0 radical (unpaired) electrons. The molecule has 0 saturated carbocycles. The van der Waals surface area contributed by atoms with Gasteiger partial charge >= 0.3 is 0 Å². The summed E-state index contributed by atoms with van der Waals surface area (Å²) < 4.78 is 99.4. The van der Waals surface area contributed by atoms with Crippen molar-refractivity contribution in [3.63, 3.8) is 0 Å². The largest absolute Gasteiger partial charge is 0.374 e. The van der Waals surface area contributed by atoms with Gasteiger partial charge in [0.1, 0.15) is 48.8 Å². The van der Waals surface area contributed by atoms with E-state index in [1.807, 2.05) is 212 Å². The second-order valence-electron chi connectivity index (χ2n) is 19.8. The van der Waals surface area contributed by atoms with Crippen molar-refractivity contribution in [2.24, 2.45) is 0 Å². The molecule has 2 aliphatic rings. The van der Waals surface area contributed by atoms with Gasteiger partial charge in [0.05, 0.1) is 65.2 Å². The zero-order valence-corrected chi connectivity index (χ0v) is 44.9. The zero-order valence-electron chi connectivity index (χ0n) is 44.1. The lowest BCUT2D eigenvalue weighted by molar-refractivity contribution is -0.360. The molecule has 0 spiro atoms. The molecular weight excluding hydrogens is 1000 g/mol. The Bertz CT molecular complexity index is 2920. The monoisotopic (exact) mass is 1070 g/mol. The number of sulfone groups is 1. The van der Waals surface area contributed by atoms with Crippen LogP contribution in [-0.4, -0.2) is 87.9 Å². The van der Waals surface area contributed by atoms with Crippen LogP contribution in [0, 0.1) is 0 Å². The summed E-state index contributed by atoms with van der Waals surface area (Å²) in [5, 5.41) is 0. The van der Waals surface area contributed by atoms with Crippen molar-refractivity contribution in [2.45, 2.75) is 114 Å². The molecule has 2 aliphatic heterocycles. The van der Waals surface area contributed by atoms with Crippen molar-refractivity contribution >= 4 is 9.84 Å². The van der Waals surface area contributed by atoms with E-state index < -0.39 is 70.4 Å². The van der Waals surface area contributed by atoms with Gasteiger partial charge < -0.3 is 47.4 Å². The summed E-state index contributed by atoms with van der Waals surface area (Å²) in [6.07, 6.45) is -9.14. The molecule has 2 fully saturated rings. The fourth-order valence-electron chi connectivity index (χ4n) is 9.67. The zero-order chi connectivity index (χ0) is 53.8. The molecule has 2 heterocycles. The van der Waals surface area contributed by atoms with Crippen molar-refractivity contribution in [1.29, 1.82) is 0 Å². The lowest BCUT2D eigenvalue weighted by atomic mass is 9.96. The Balaban J connectivity index is 1.15. The highest BCUT2D eigenvalue weighted by Crippen LogP contribution is 2.38. The Morgan fingerprint density at radius 1 is 0.385 bits per heavy atom. The van der Waals surface area contributed by atoms with Crippen LogP contribution < -0.4 is 0 Å². The summed E-state index contributed by atoms with van der Waals surface area (Å²) in [6, 6.07) is 68.7. The number of ether oxygens (including phenoxy) is 10. The van der Waals surface area contributed by atoms with Crippen LogP contribution in [0.3, 0.4) is 0 Å². The van der Waals surface area contributed by atoms with Crippen LogP contribution in [0.5, 0.6) is 0 Å². The van der Waals surface area contributed by atoms with E-state index in [2.05, 4.69) is 6.58 Å². The first-order chi connectivity index (χ1) is 38.3. The fraction of sp³-hybridized carbons (Fsp3) is 0.323. The topological polar surface area (TPSA) is 126 Å². The van der Waals surface area contributed by atoms with Crippen LogP contribution in [0.4, 0.5) is 0 Å². The van der Waals surface area contributed by atoms with Crippen LogP contribution in [0.25, 0.3) is 0 Å². The number of hydrogen-bond acceptors (Lipinski definition) is 12. The van der Waals surface area contributed by atoms with Gasteiger partial charge in [-0.15, -0.1) is 0 Å². The molecule has 0 amide bonds. The van der Waals surface area contributed by atoms with E-state index in [-0.39, 0.29) is 58.6 Å². The molecule has 13 heteroatoms. The van der Waals surface area contributed by atoms with E-state index in [0.717, 1.165) is 38.9 Å². The van der Waals surface area contributed by atoms with Crippen LogP contribution in [0.15, 0.2) is 224 Å². The van der Waals surface area contributed by atoms with E-state index >= 15 is 0 Å². The van der Waals surface area contributed by atoms with Crippen LogP contribution in [0.2, 0.25) is 0 Å². The van der Waals surface area contributed by atoms with Crippen molar-refractivity contribution in [3.05, 3.63) is 263 Å². The molecule has 0 aromatic heterocycles. The maximum absolute atomic E-state index is 14.8. The minimum Gasteiger partial charge on any atom is -0.374 e. The molecule has 78 heavy (non-hydrogen) atoms. The Morgan fingerprint density at radius 3 is 1.04 bits per heavy atom. The highest BCUT2D eigenvalue weighted by molar-refractivity contribution is 7.92. The maximum atomic E-state index is 14.8. The highest BCUT2D eigenvalue weighted by atomic mass is 32.2. The molecule has 10 atom stereocenters. The van der Waals surface area contributed by atoms with E-state index in [1.165, 1.54) is 0 Å². The van der Waals surface area contributed by atoms with E-state index in [9.17, 15) is 8.42 Å². The first-order valence-corrected chi connectivity index (χ1v) is 28.3. The smallest absolute Gasteiger partial charge is 0.188 e. The van der Waals surface area contributed by atoms with Gasteiger partial charge in [0.25, 0.3) is 0 Å². The van der Waals surface area contributed by atoms with Gasteiger partial charge in [-0.1, -0.05) is 224 Å². The van der Waals surface area contributed by atoms with Gasteiger partial charge in [0.15, 0.2) is 21.6 Å². The van der Waals surface area contributed by atoms with Crippen molar-refractivity contribution in [1.82, 2.24) is 0 Å². The second-order valence-corrected chi connectivity index (χ2v) is 21.8. The van der Waals surface area contributed by atoms with Crippen LogP contribution >= 0.6 is 0 Å². The Kier molecular flexibility index (Phi) is 21.1. The Labute approximate surface area is 459 Å². The number of benzene rings is 7. The molecule has 7 aromatic rings. The van der Waals surface area contributed by atoms with E-state index in [1.54, 1.807) is 6.92 Å². The normalized spacial score (nSPS) is 23.4. The van der Waals surface area contributed by atoms with Crippen LogP contribution in [0.1, 0.15) is 45.9 Å². The third kappa shape index (κ3) is 16.4. The summed E-state index contributed by atoms with van der Waals surface area (Å²) in [5.74, 6) is -0.353. The molecule has 7 aromatic carbocycles. The predicted octanol–water partition coefficient (Wildman–Crippen LogP) is 11.2. The van der Waals surface area contributed by atoms with E-state index in [4.69, 9.17) is 47.4 Å². The average Bonchev–Trinajstić information content (AvgIpc) is 3.51. The molecule has 0 N–H and O–H groups in total. The Morgan fingerprint density at radius 2 is 0.679 bits per heavy atom. The standard InChI is InChI=1S/C65H70O12S/c1-48(2)47-78(66,67)65-63(74-44-55-36-22-9-23-37-55)61(72-42-53-32-18-7-19-33-53)59(57(76-65)46-69-39-50-26-12-4-13-27-50)77-64-62(73-43-54-34-20-8-21-35-54)60(71-41-52-30-16-6-17-31-52)58(70-40-51-28-14-5-15-29-51)56(75-64)45-68-38-49-24-10-3-11-25-49/h3-37,56-65H,1,38-47H2,2H3/t56-,57-,58-,59-,60+,61+,62-,63-,64-,65+/m1/s1. The van der Waals surface area contributed by atoms with Gasteiger partial charge in [0, 0.05) is 0 Å². The van der Waals surface area contributed by atoms with Gasteiger partial charge in [0.2, 0.25) is 0 Å². The number of hydrogen-bond donors (Lipinski definition) is 0. The van der Waals surface area contributed by atoms with Gasteiger partial charge in [-0.25, -0.2) is 8.42 Å². The fourth-order valence-corrected chi connectivity index (χ4v) is 11.5. The summed E-state index contributed by atoms with van der Waals surface area (Å²) in [7, 11) is -4.14. The minimum absolute atomic E-state index is 0.0421. The maximum Gasteiger partial charge on any atom is 0.188 e. The average molecular weight is 1080 g/mol. The minimum atomic E-state index is -4.14. The molecule has 2 saturated heterocycles. The Hall–Kier alpha value is -6.17. The highest BCUT2D eigenvalue weighted by Gasteiger charge is 2.56. The van der Waals surface area contributed by atoms with Crippen molar-refractivity contribution in [3.8, 4) is 0 Å². The molecule has 0 unspecified atom stereocenters. The van der Waals surface area contributed by atoms with E-state index in [0.29, 0.717) is 12.2 Å². The third-order valence-electron chi connectivity index (χ3n) is 13.5. The van der Waals surface area contributed by atoms with Crippen LogP contribution in [-0.2, 0) is 103 Å². The third-order valence-corrected chi connectivity index (χ3v) is 15.5. The predicted molar refractivity (Wildman–Crippen MR) is 298 cm³/mol.